The molecule has 11 atom stereocenters. The second-order valence-corrected chi connectivity index (χ2v) is 22.5. The smallest absolute Gasteiger partial charge is 0.407 e. The first-order valence-corrected chi connectivity index (χ1v) is 26.4. The van der Waals surface area contributed by atoms with Crippen molar-refractivity contribution < 1.29 is 57.1 Å². The molecule has 19 nitrogen and oxygen atoms in total. The number of benzene rings is 2. The number of nitrogens with zero attached hydrogens (tertiary/aromatic N) is 2. The van der Waals surface area contributed by atoms with Gasteiger partial charge in [-0.05, 0) is 110 Å². The van der Waals surface area contributed by atoms with Crippen molar-refractivity contribution in [3.63, 3.8) is 0 Å². The van der Waals surface area contributed by atoms with Crippen molar-refractivity contribution in [2.24, 2.45) is 17.6 Å². The molecule has 404 valence electrons. The lowest BCUT2D eigenvalue weighted by Crippen LogP contribution is -2.62. The SMILES string of the molecule is CC(C)(C)NC(=O)[C@@H]1C[C@@H]2CCCC[C@@H]2CN1C[C@@H](OC(=O)NCCCCO[C@@H]1[C@H]2OC(C)(C)O[C@H]2O[C@@H]1[C@H]1COC(C)(C)O1)[C@H](Cc1ccccc1)NC(=O)[C@H](CC(N)=O)NC(=O)c1ccc2ccccc2n1. The number of ether oxygens (including phenoxy) is 7. The number of unbranched alkanes of at least 4 members (excludes halogenated alkanes) is 1. The Balaban J connectivity index is 0.995. The molecular formula is C55H77N7O12. The van der Waals surface area contributed by atoms with Crippen LogP contribution in [-0.2, 0) is 54.0 Å². The van der Waals surface area contributed by atoms with Gasteiger partial charge < -0.3 is 60.2 Å². The van der Waals surface area contributed by atoms with Crippen LogP contribution < -0.4 is 27.0 Å². The molecule has 8 rings (SSSR count). The summed E-state index contributed by atoms with van der Waals surface area (Å²) in [6.07, 6.45) is 1.49. The fourth-order valence-electron chi connectivity index (χ4n) is 11.1. The fourth-order valence-corrected chi connectivity index (χ4v) is 11.1. The highest BCUT2D eigenvalue weighted by Gasteiger charge is 2.59. The van der Waals surface area contributed by atoms with Gasteiger partial charge in [0.1, 0.15) is 42.3 Å². The van der Waals surface area contributed by atoms with Gasteiger partial charge in [-0.3, -0.25) is 24.1 Å². The van der Waals surface area contributed by atoms with Gasteiger partial charge in [-0.25, -0.2) is 9.78 Å². The number of primary amides is 1. The molecule has 74 heavy (non-hydrogen) atoms. The Labute approximate surface area is 434 Å². The molecule has 0 radical (unpaired) electrons. The lowest BCUT2D eigenvalue weighted by atomic mass is 9.72. The number of nitrogens with one attached hydrogen (secondary N) is 4. The summed E-state index contributed by atoms with van der Waals surface area (Å²) in [5, 5.41) is 12.7. The lowest BCUT2D eigenvalue weighted by molar-refractivity contribution is -0.236. The molecule has 1 aromatic heterocycles. The van der Waals surface area contributed by atoms with Crippen molar-refractivity contribution in [3.8, 4) is 0 Å². The number of para-hydroxylation sites is 1. The molecule has 0 spiro atoms. The quantitative estimate of drug-likeness (QED) is 0.0935. The van der Waals surface area contributed by atoms with Crippen LogP contribution in [0.5, 0.6) is 0 Å². The maximum Gasteiger partial charge on any atom is 0.407 e. The van der Waals surface area contributed by atoms with E-state index in [9.17, 15) is 24.0 Å². The van der Waals surface area contributed by atoms with Crippen molar-refractivity contribution in [1.82, 2.24) is 31.2 Å². The summed E-state index contributed by atoms with van der Waals surface area (Å²) in [5.41, 5.74) is 6.66. The van der Waals surface area contributed by atoms with Crippen LogP contribution in [0.4, 0.5) is 4.79 Å². The number of nitrogens with two attached hydrogens (primary N) is 1. The van der Waals surface area contributed by atoms with E-state index in [1.807, 2.05) is 90.9 Å². The van der Waals surface area contributed by atoms with Gasteiger partial charge in [-0.2, -0.15) is 0 Å². The molecule has 6 N–H and O–H groups in total. The number of likely N-dealkylation sites (tertiary alicyclic amines) is 1. The molecule has 3 aromatic rings. The zero-order valence-electron chi connectivity index (χ0n) is 44.0. The van der Waals surface area contributed by atoms with Gasteiger partial charge in [0.25, 0.3) is 5.91 Å². The van der Waals surface area contributed by atoms with Crippen LogP contribution >= 0.6 is 0 Å². The van der Waals surface area contributed by atoms with Crippen LogP contribution in [0, 0.1) is 11.8 Å². The minimum absolute atomic E-state index is 0.0479. The summed E-state index contributed by atoms with van der Waals surface area (Å²) in [4.78, 5) is 75.9. The van der Waals surface area contributed by atoms with Gasteiger partial charge in [0, 0.05) is 37.2 Å². The van der Waals surface area contributed by atoms with Crippen LogP contribution in [0.3, 0.4) is 0 Å². The second kappa shape index (κ2) is 23.7. The third kappa shape index (κ3) is 14.6. The molecule has 0 unspecified atom stereocenters. The molecule has 5 amide bonds. The van der Waals surface area contributed by atoms with E-state index >= 15 is 0 Å². The Morgan fingerprint density at radius 1 is 0.865 bits per heavy atom. The van der Waals surface area contributed by atoms with Crippen molar-refractivity contribution >= 4 is 40.6 Å². The van der Waals surface area contributed by atoms with Gasteiger partial charge in [0.15, 0.2) is 17.9 Å². The number of hydrogen-bond acceptors (Lipinski definition) is 14. The topological polar surface area (TPSA) is 240 Å². The van der Waals surface area contributed by atoms with Gasteiger partial charge in [-0.1, -0.05) is 73.9 Å². The molecule has 1 aliphatic carbocycles. The average molecular weight is 1030 g/mol. The van der Waals surface area contributed by atoms with E-state index in [0.29, 0.717) is 56.4 Å². The standard InChI is InChI=1S/C55H77N7O12/c1-53(2,3)61-50(66)41-28-35-20-11-12-21-36(35)30-62(41)31-42(70-52(67)57-25-15-16-26-68-46-45(43-32-69-54(4,5)72-43)71-51-47(46)73-55(6,7)74-51)39(27-33-17-9-8-10-18-33)59-49(65)40(29-44(56)63)60-48(64)38-24-23-34-19-13-14-22-37(34)58-38/h8-10,13-14,17-19,22-24,35-36,39-43,45-47,51H,11-12,15-16,20-21,25-32H2,1-7H3,(H2,56,63)(H,57,67)(H,59,65)(H,60,64)(H,61,66)/t35-,36+,39-,40-,41-,42+,43+,45+,46-,47+,51+/m0/s1. The van der Waals surface area contributed by atoms with Gasteiger partial charge >= 0.3 is 6.09 Å². The van der Waals surface area contributed by atoms with Crippen LogP contribution in [0.25, 0.3) is 10.9 Å². The minimum Gasteiger partial charge on any atom is -0.443 e. The van der Waals surface area contributed by atoms with E-state index in [-0.39, 0.29) is 37.2 Å². The number of fused-ring (bicyclic) bond motifs is 3. The van der Waals surface area contributed by atoms with Crippen molar-refractivity contribution in [3.05, 3.63) is 78.0 Å². The van der Waals surface area contributed by atoms with Crippen molar-refractivity contribution in [1.29, 1.82) is 0 Å². The van der Waals surface area contributed by atoms with E-state index in [0.717, 1.165) is 36.6 Å². The molecule has 5 fully saturated rings. The number of carbonyl (C=O) groups is 5. The van der Waals surface area contributed by atoms with Crippen LogP contribution in [-0.4, -0.2) is 145 Å². The van der Waals surface area contributed by atoms with E-state index in [2.05, 4.69) is 31.2 Å². The molecule has 5 heterocycles. The monoisotopic (exact) mass is 1030 g/mol. The summed E-state index contributed by atoms with van der Waals surface area (Å²) in [6, 6.07) is 17.2. The number of piperidine rings is 1. The summed E-state index contributed by atoms with van der Waals surface area (Å²) in [7, 11) is 0. The average Bonchev–Trinajstić information content (AvgIpc) is 3.98. The first-order valence-electron chi connectivity index (χ1n) is 26.4. The molecule has 4 aliphatic heterocycles. The van der Waals surface area contributed by atoms with Gasteiger partial charge in [-0.15, -0.1) is 0 Å². The maximum atomic E-state index is 14.6. The first-order chi connectivity index (χ1) is 35.2. The van der Waals surface area contributed by atoms with Gasteiger partial charge in [0.05, 0.1) is 30.6 Å². The van der Waals surface area contributed by atoms with Crippen molar-refractivity contribution in [2.45, 2.75) is 178 Å². The number of hydrogen-bond donors (Lipinski definition) is 5. The number of amides is 5. The van der Waals surface area contributed by atoms with E-state index in [1.54, 1.807) is 24.3 Å². The Bertz CT molecular complexity index is 2440. The summed E-state index contributed by atoms with van der Waals surface area (Å²) < 4.78 is 43.4. The zero-order valence-corrected chi connectivity index (χ0v) is 44.0. The van der Waals surface area contributed by atoms with Gasteiger partial charge in [0.2, 0.25) is 17.7 Å². The van der Waals surface area contributed by atoms with E-state index < -0.39 is 96.2 Å². The highest BCUT2D eigenvalue weighted by atomic mass is 16.8. The number of pyridine rings is 1. The Morgan fingerprint density at radius 3 is 2.34 bits per heavy atom. The Morgan fingerprint density at radius 2 is 1.61 bits per heavy atom. The highest BCUT2D eigenvalue weighted by Crippen LogP contribution is 2.42. The third-order valence-corrected chi connectivity index (χ3v) is 14.5. The molecule has 1 saturated carbocycles. The normalized spacial score (nSPS) is 27.5. The number of alkyl carbamates (subject to hydrolysis) is 1. The second-order valence-electron chi connectivity index (χ2n) is 22.5. The fraction of sp³-hybridized carbons (Fsp3) is 0.636. The van der Waals surface area contributed by atoms with E-state index in [4.69, 9.17) is 38.9 Å². The Hall–Kier alpha value is -5.28. The van der Waals surface area contributed by atoms with Crippen LogP contribution in [0.15, 0.2) is 66.7 Å². The summed E-state index contributed by atoms with van der Waals surface area (Å²) in [5.74, 6) is -3.22. The zero-order chi connectivity index (χ0) is 52.8. The minimum atomic E-state index is -1.41. The molecule has 5 aliphatic rings. The van der Waals surface area contributed by atoms with E-state index in [1.165, 1.54) is 0 Å². The molecule has 19 heteroatoms. The van der Waals surface area contributed by atoms with Crippen LogP contribution in [0.1, 0.15) is 116 Å². The van der Waals surface area contributed by atoms with Crippen LogP contribution in [0.2, 0.25) is 0 Å². The molecule has 0 bridgehead atoms. The predicted molar refractivity (Wildman–Crippen MR) is 273 cm³/mol. The third-order valence-electron chi connectivity index (χ3n) is 14.5. The summed E-state index contributed by atoms with van der Waals surface area (Å²) in [6.45, 7) is 14.8. The number of aromatic nitrogens is 1. The molecule has 4 saturated heterocycles. The number of rotatable bonds is 20. The first kappa shape index (κ1) is 55.0. The Kier molecular flexibility index (Phi) is 17.6. The molecule has 2 aromatic carbocycles. The molecular weight excluding hydrogens is 951 g/mol. The largest absolute Gasteiger partial charge is 0.443 e. The number of carbonyl (C=O) groups excluding carboxylic acids is 5. The predicted octanol–water partition coefficient (Wildman–Crippen LogP) is 5.02. The maximum absolute atomic E-state index is 14.6. The van der Waals surface area contributed by atoms with Crippen molar-refractivity contribution in [2.75, 3.05) is 32.8 Å². The summed E-state index contributed by atoms with van der Waals surface area (Å²) >= 11 is 0. The highest BCUT2D eigenvalue weighted by molar-refractivity contribution is 5.99. The lowest BCUT2D eigenvalue weighted by Gasteiger charge is -2.47.